The second-order valence-electron chi connectivity index (χ2n) is 8.90. The van der Waals surface area contributed by atoms with Crippen molar-refractivity contribution < 1.29 is 37.0 Å². The standard InChI is InChI=1S/C24H25F3O5/c1-8-13-9-11-14(12-10-13)30-20-16(22(29)32-24(5,6)7)17(25)15(18(26)19(20)27)21(28)31-23(2,3)4/h8-12H,1H2,2-7H3. The number of hydrogen-bond donors (Lipinski definition) is 0. The number of hydrogen-bond acceptors (Lipinski definition) is 5. The number of esters is 2. The molecule has 0 saturated carbocycles. The maximum atomic E-state index is 15.3. The fourth-order valence-corrected chi connectivity index (χ4v) is 2.55. The summed E-state index contributed by atoms with van der Waals surface area (Å²) in [6.07, 6.45) is 1.55. The maximum Gasteiger partial charge on any atom is 0.345 e. The van der Waals surface area contributed by atoms with Gasteiger partial charge < -0.3 is 14.2 Å². The molecule has 0 unspecified atom stereocenters. The van der Waals surface area contributed by atoms with Crippen LogP contribution in [0.3, 0.4) is 0 Å². The minimum Gasteiger partial charge on any atom is -0.456 e. The molecule has 0 fully saturated rings. The van der Waals surface area contributed by atoms with Crippen LogP contribution in [0.15, 0.2) is 30.8 Å². The van der Waals surface area contributed by atoms with Gasteiger partial charge in [0, 0.05) is 0 Å². The zero-order valence-electron chi connectivity index (χ0n) is 18.8. The molecular weight excluding hydrogens is 425 g/mol. The van der Waals surface area contributed by atoms with Crippen molar-refractivity contribution in [2.75, 3.05) is 0 Å². The maximum absolute atomic E-state index is 15.3. The van der Waals surface area contributed by atoms with Crippen molar-refractivity contribution in [2.24, 2.45) is 0 Å². The SMILES string of the molecule is C=Cc1ccc(Oc2c(F)c(F)c(C(=O)OC(C)(C)C)c(F)c2C(=O)OC(C)(C)C)cc1. The number of ether oxygens (including phenoxy) is 3. The Morgan fingerprint density at radius 1 is 0.781 bits per heavy atom. The summed E-state index contributed by atoms with van der Waals surface area (Å²) in [5.74, 6) is -9.10. The Labute approximate surface area is 184 Å². The first kappa shape index (κ1) is 25.0. The Morgan fingerprint density at radius 3 is 1.69 bits per heavy atom. The van der Waals surface area contributed by atoms with Gasteiger partial charge in [0.25, 0.3) is 0 Å². The number of benzene rings is 2. The zero-order chi connectivity index (χ0) is 24.4. The van der Waals surface area contributed by atoms with E-state index < -0.39 is 57.5 Å². The lowest BCUT2D eigenvalue weighted by atomic mass is 10.1. The van der Waals surface area contributed by atoms with E-state index in [4.69, 9.17) is 14.2 Å². The van der Waals surface area contributed by atoms with Gasteiger partial charge in [-0.25, -0.2) is 18.4 Å². The van der Waals surface area contributed by atoms with E-state index in [2.05, 4.69) is 6.58 Å². The van der Waals surface area contributed by atoms with E-state index in [1.807, 2.05) is 0 Å². The quantitative estimate of drug-likeness (QED) is 0.387. The molecule has 0 saturated heterocycles. The van der Waals surface area contributed by atoms with Gasteiger partial charge in [0.1, 0.15) is 28.1 Å². The van der Waals surface area contributed by atoms with Gasteiger partial charge >= 0.3 is 11.9 Å². The van der Waals surface area contributed by atoms with Crippen LogP contribution in [0.5, 0.6) is 11.5 Å². The van der Waals surface area contributed by atoms with Crippen LogP contribution in [0.4, 0.5) is 13.2 Å². The van der Waals surface area contributed by atoms with E-state index in [9.17, 15) is 14.0 Å². The van der Waals surface area contributed by atoms with Crippen LogP contribution in [0.2, 0.25) is 0 Å². The van der Waals surface area contributed by atoms with E-state index in [-0.39, 0.29) is 5.75 Å². The highest BCUT2D eigenvalue weighted by molar-refractivity contribution is 5.98. The second kappa shape index (κ2) is 9.06. The summed E-state index contributed by atoms with van der Waals surface area (Å²) < 4.78 is 60.6. The number of halogens is 3. The van der Waals surface area contributed by atoms with Gasteiger partial charge in [-0.3, -0.25) is 0 Å². The van der Waals surface area contributed by atoms with Crippen molar-refractivity contribution in [3.8, 4) is 11.5 Å². The molecule has 32 heavy (non-hydrogen) atoms. The molecule has 2 aromatic carbocycles. The normalized spacial score (nSPS) is 11.7. The lowest BCUT2D eigenvalue weighted by Gasteiger charge is -2.23. The molecule has 0 bridgehead atoms. The second-order valence-corrected chi connectivity index (χ2v) is 8.90. The molecular formula is C24H25F3O5. The van der Waals surface area contributed by atoms with E-state index in [0.717, 1.165) is 0 Å². The summed E-state index contributed by atoms with van der Waals surface area (Å²) in [6, 6.07) is 5.92. The van der Waals surface area contributed by atoms with Gasteiger partial charge in [-0.15, -0.1) is 0 Å². The summed E-state index contributed by atoms with van der Waals surface area (Å²) >= 11 is 0. The van der Waals surface area contributed by atoms with Crippen molar-refractivity contribution in [1.29, 1.82) is 0 Å². The molecule has 0 aromatic heterocycles. The fourth-order valence-electron chi connectivity index (χ4n) is 2.55. The van der Waals surface area contributed by atoms with E-state index >= 15 is 8.78 Å². The Hall–Kier alpha value is -3.29. The van der Waals surface area contributed by atoms with Gasteiger partial charge in [-0.2, -0.15) is 4.39 Å². The van der Waals surface area contributed by atoms with Crippen LogP contribution in [-0.4, -0.2) is 23.1 Å². The average Bonchev–Trinajstić information content (AvgIpc) is 2.63. The summed E-state index contributed by atoms with van der Waals surface area (Å²) in [6.45, 7) is 12.5. The summed E-state index contributed by atoms with van der Waals surface area (Å²) in [5.41, 5.74) is -3.92. The van der Waals surface area contributed by atoms with Crippen molar-refractivity contribution in [2.45, 2.75) is 52.7 Å². The van der Waals surface area contributed by atoms with E-state index in [0.29, 0.717) is 5.56 Å². The molecule has 0 aliphatic carbocycles. The zero-order valence-corrected chi connectivity index (χ0v) is 18.8. The molecule has 172 valence electrons. The van der Waals surface area contributed by atoms with Gasteiger partial charge in [0.2, 0.25) is 5.82 Å². The lowest BCUT2D eigenvalue weighted by molar-refractivity contribution is 0.00543. The highest BCUT2D eigenvalue weighted by Gasteiger charge is 2.37. The molecule has 0 spiro atoms. The van der Waals surface area contributed by atoms with Gasteiger partial charge in [-0.1, -0.05) is 24.8 Å². The first-order chi connectivity index (χ1) is 14.6. The average molecular weight is 450 g/mol. The molecule has 0 aliphatic heterocycles. The predicted octanol–water partition coefficient (Wildman–Crippen LogP) is 6.45. The molecule has 0 aliphatic rings. The third-order valence-electron chi connectivity index (χ3n) is 3.82. The monoisotopic (exact) mass is 450 g/mol. The van der Waals surface area contributed by atoms with E-state index in [1.165, 1.54) is 53.7 Å². The first-order valence-corrected chi connectivity index (χ1v) is 9.72. The van der Waals surface area contributed by atoms with Gasteiger partial charge in [0.15, 0.2) is 17.4 Å². The van der Waals surface area contributed by atoms with Crippen molar-refractivity contribution >= 4 is 18.0 Å². The number of rotatable bonds is 5. The van der Waals surface area contributed by atoms with Crippen LogP contribution in [0.25, 0.3) is 6.08 Å². The molecule has 0 atom stereocenters. The molecule has 8 heteroatoms. The molecule has 0 amide bonds. The predicted molar refractivity (Wildman–Crippen MR) is 113 cm³/mol. The van der Waals surface area contributed by atoms with Gasteiger partial charge in [0.05, 0.1) is 0 Å². The minimum absolute atomic E-state index is 0.0110. The van der Waals surface area contributed by atoms with Crippen LogP contribution >= 0.6 is 0 Å². The van der Waals surface area contributed by atoms with Crippen LogP contribution in [-0.2, 0) is 9.47 Å². The Balaban J connectivity index is 2.71. The molecule has 5 nitrogen and oxygen atoms in total. The van der Waals surface area contributed by atoms with Crippen molar-refractivity contribution in [3.63, 3.8) is 0 Å². The molecule has 0 radical (unpaired) electrons. The highest BCUT2D eigenvalue weighted by atomic mass is 19.2. The Kier molecular flexibility index (Phi) is 7.07. The van der Waals surface area contributed by atoms with Gasteiger partial charge in [-0.05, 0) is 59.2 Å². The first-order valence-electron chi connectivity index (χ1n) is 9.72. The molecule has 0 heterocycles. The summed E-state index contributed by atoms with van der Waals surface area (Å²) in [5, 5.41) is 0. The topological polar surface area (TPSA) is 61.8 Å². The molecule has 2 aromatic rings. The highest BCUT2D eigenvalue weighted by Crippen LogP contribution is 2.36. The molecule has 2 rings (SSSR count). The van der Waals surface area contributed by atoms with Crippen LogP contribution in [0.1, 0.15) is 67.8 Å². The fraction of sp³-hybridized carbons (Fsp3) is 0.333. The third-order valence-corrected chi connectivity index (χ3v) is 3.82. The Morgan fingerprint density at radius 2 is 1.25 bits per heavy atom. The third kappa shape index (κ3) is 5.90. The smallest absolute Gasteiger partial charge is 0.345 e. The van der Waals surface area contributed by atoms with E-state index in [1.54, 1.807) is 18.2 Å². The Bertz CT molecular complexity index is 1050. The van der Waals surface area contributed by atoms with Crippen molar-refractivity contribution in [3.05, 3.63) is 65.0 Å². The molecule has 0 N–H and O–H groups in total. The van der Waals surface area contributed by atoms with Crippen LogP contribution < -0.4 is 4.74 Å². The lowest BCUT2D eigenvalue weighted by Crippen LogP contribution is -2.28. The number of carbonyl (C=O) groups excluding carboxylic acids is 2. The minimum atomic E-state index is -1.85. The largest absolute Gasteiger partial charge is 0.456 e. The van der Waals surface area contributed by atoms with Crippen molar-refractivity contribution in [1.82, 2.24) is 0 Å². The summed E-state index contributed by atoms with van der Waals surface area (Å²) in [7, 11) is 0. The number of carbonyl (C=O) groups is 2. The summed E-state index contributed by atoms with van der Waals surface area (Å²) in [4.78, 5) is 25.1. The van der Waals surface area contributed by atoms with Crippen LogP contribution in [0, 0.1) is 17.5 Å².